The molecule has 0 aliphatic carbocycles. The van der Waals surface area contributed by atoms with Crippen LogP contribution in [0.25, 0.3) is 16.6 Å². The summed E-state index contributed by atoms with van der Waals surface area (Å²) in [5.74, 6) is 0. The molecule has 3 heteroatoms. The summed E-state index contributed by atoms with van der Waals surface area (Å²) in [5, 5.41) is 5.51. The maximum Gasteiger partial charge on any atom is 0.0741 e. The Morgan fingerprint density at radius 1 is 0.938 bits per heavy atom. The molecule has 0 radical (unpaired) electrons. The van der Waals surface area contributed by atoms with E-state index in [2.05, 4.69) is 17.2 Å². The Hall–Kier alpha value is -2.29. The van der Waals surface area contributed by atoms with Crippen molar-refractivity contribution in [1.82, 2.24) is 9.78 Å². The molecule has 0 fully saturated rings. The minimum Gasteiger partial charge on any atom is -0.399 e. The Labute approximate surface area is 93.1 Å². The van der Waals surface area contributed by atoms with E-state index in [1.165, 1.54) is 0 Å². The molecule has 0 saturated carbocycles. The lowest BCUT2D eigenvalue weighted by Crippen LogP contribution is -1.95. The van der Waals surface area contributed by atoms with Gasteiger partial charge in [0.05, 0.1) is 17.4 Å². The number of nitrogen functional groups attached to an aromatic ring is 1. The van der Waals surface area contributed by atoms with E-state index in [1.807, 2.05) is 47.3 Å². The van der Waals surface area contributed by atoms with Crippen molar-refractivity contribution in [1.29, 1.82) is 0 Å². The van der Waals surface area contributed by atoms with Gasteiger partial charge in [-0.1, -0.05) is 18.2 Å². The summed E-state index contributed by atoms with van der Waals surface area (Å²) < 4.78 is 1.91. The number of hydrogen-bond donors (Lipinski definition) is 1. The van der Waals surface area contributed by atoms with Crippen LogP contribution in [0.3, 0.4) is 0 Å². The number of rotatable bonds is 1. The quantitative estimate of drug-likeness (QED) is 0.626. The van der Waals surface area contributed by atoms with Crippen molar-refractivity contribution in [2.75, 3.05) is 5.73 Å². The first kappa shape index (κ1) is 8.97. The van der Waals surface area contributed by atoms with E-state index in [9.17, 15) is 0 Å². The first-order chi connectivity index (χ1) is 7.84. The van der Waals surface area contributed by atoms with Crippen LogP contribution in [0.5, 0.6) is 0 Å². The number of hydrogen-bond acceptors (Lipinski definition) is 2. The highest BCUT2D eigenvalue weighted by Crippen LogP contribution is 2.18. The summed E-state index contributed by atoms with van der Waals surface area (Å²) in [6.45, 7) is 0. The standard InChI is InChI=1S/C13H11N3/c14-11-5-7-12(8-6-11)16-13-4-2-1-3-10(13)9-15-16/h1-9H,14H2. The fraction of sp³-hybridized carbons (Fsp3) is 0. The number of para-hydroxylation sites is 1. The van der Waals surface area contributed by atoms with E-state index in [0.29, 0.717) is 0 Å². The fourth-order valence-corrected chi connectivity index (χ4v) is 1.79. The first-order valence-corrected chi connectivity index (χ1v) is 5.13. The largest absolute Gasteiger partial charge is 0.399 e. The van der Waals surface area contributed by atoms with E-state index in [-0.39, 0.29) is 0 Å². The van der Waals surface area contributed by atoms with E-state index >= 15 is 0 Å². The molecule has 3 rings (SSSR count). The molecule has 1 heterocycles. The molecular weight excluding hydrogens is 198 g/mol. The normalized spacial score (nSPS) is 10.8. The molecule has 0 aliphatic rings. The van der Waals surface area contributed by atoms with E-state index in [4.69, 9.17) is 5.73 Å². The molecule has 0 saturated heterocycles. The van der Waals surface area contributed by atoms with Gasteiger partial charge < -0.3 is 5.73 Å². The monoisotopic (exact) mass is 209 g/mol. The summed E-state index contributed by atoms with van der Waals surface area (Å²) >= 11 is 0. The fourth-order valence-electron chi connectivity index (χ4n) is 1.79. The van der Waals surface area contributed by atoms with Gasteiger partial charge in [-0.2, -0.15) is 5.10 Å². The van der Waals surface area contributed by atoms with Crippen molar-refractivity contribution < 1.29 is 0 Å². The van der Waals surface area contributed by atoms with Crippen molar-refractivity contribution >= 4 is 16.6 Å². The van der Waals surface area contributed by atoms with Crippen molar-refractivity contribution in [2.24, 2.45) is 0 Å². The van der Waals surface area contributed by atoms with Gasteiger partial charge in [-0.15, -0.1) is 0 Å². The Morgan fingerprint density at radius 2 is 1.69 bits per heavy atom. The molecule has 3 aromatic rings. The van der Waals surface area contributed by atoms with Gasteiger partial charge in [0.25, 0.3) is 0 Å². The Bertz CT molecular complexity index is 623. The van der Waals surface area contributed by atoms with Gasteiger partial charge in [-0.25, -0.2) is 4.68 Å². The molecule has 3 nitrogen and oxygen atoms in total. The molecule has 2 aromatic carbocycles. The molecule has 0 aliphatic heterocycles. The Morgan fingerprint density at radius 3 is 2.50 bits per heavy atom. The van der Waals surface area contributed by atoms with Crippen LogP contribution in [0.2, 0.25) is 0 Å². The molecule has 2 N–H and O–H groups in total. The van der Waals surface area contributed by atoms with Crippen molar-refractivity contribution in [3.05, 3.63) is 54.7 Å². The topological polar surface area (TPSA) is 43.8 Å². The van der Waals surface area contributed by atoms with Gasteiger partial charge in [0.15, 0.2) is 0 Å². The van der Waals surface area contributed by atoms with Gasteiger partial charge >= 0.3 is 0 Å². The lowest BCUT2D eigenvalue weighted by molar-refractivity contribution is 0.911. The van der Waals surface area contributed by atoms with Crippen LogP contribution in [0.1, 0.15) is 0 Å². The van der Waals surface area contributed by atoms with Crippen LogP contribution >= 0.6 is 0 Å². The van der Waals surface area contributed by atoms with E-state index in [0.717, 1.165) is 22.3 Å². The molecule has 0 bridgehead atoms. The van der Waals surface area contributed by atoms with Gasteiger partial charge in [0.1, 0.15) is 0 Å². The number of aromatic nitrogens is 2. The summed E-state index contributed by atoms with van der Waals surface area (Å²) in [6.07, 6.45) is 1.87. The predicted octanol–water partition coefficient (Wildman–Crippen LogP) is 2.61. The zero-order chi connectivity index (χ0) is 11.0. The number of anilines is 1. The van der Waals surface area contributed by atoms with Crippen LogP contribution in [-0.2, 0) is 0 Å². The molecule has 0 atom stereocenters. The Balaban J connectivity index is 2.22. The SMILES string of the molecule is Nc1ccc(-n2ncc3ccccc32)cc1. The highest BCUT2D eigenvalue weighted by molar-refractivity contribution is 5.80. The summed E-state index contributed by atoms with van der Waals surface area (Å²) in [4.78, 5) is 0. The van der Waals surface area contributed by atoms with Gasteiger partial charge in [-0.05, 0) is 30.3 Å². The van der Waals surface area contributed by atoms with Crippen LogP contribution in [0.4, 0.5) is 5.69 Å². The van der Waals surface area contributed by atoms with Crippen LogP contribution in [0, 0.1) is 0 Å². The smallest absolute Gasteiger partial charge is 0.0741 e. The summed E-state index contributed by atoms with van der Waals surface area (Å²) in [6, 6.07) is 15.8. The molecule has 0 amide bonds. The maximum absolute atomic E-state index is 5.66. The minimum atomic E-state index is 0.764. The van der Waals surface area contributed by atoms with Crippen molar-refractivity contribution in [3.8, 4) is 5.69 Å². The second-order valence-corrected chi connectivity index (χ2v) is 3.71. The molecule has 1 aromatic heterocycles. The highest BCUT2D eigenvalue weighted by Gasteiger charge is 2.02. The van der Waals surface area contributed by atoms with Crippen LogP contribution in [-0.4, -0.2) is 9.78 Å². The third-order valence-corrected chi connectivity index (χ3v) is 2.61. The lowest BCUT2D eigenvalue weighted by Gasteiger charge is -2.03. The van der Waals surface area contributed by atoms with Crippen molar-refractivity contribution in [2.45, 2.75) is 0 Å². The molecule has 16 heavy (non-hydrogen) atoms. The lowest BCUT2D eigenvalue weighted by atomic mass is 10.2. The molecular formula is C13H11N3. The Kier molecular flexibility index (Phi) is 1.90. The number of fused-ring (bicyclic) bond motifs is 1. The average molecular weight is 209 g/mol. The molecule has 78 valence electrons. The molecule has 0 unspecified atom stereocenters. The third-order valence-electron chi connectivity index (χ3n) is 2.61. The summed E-state index contributed by atoms with van der Waals surface area (Å²) in [7, 11) is 0. The van der Waals surface area contributed by atoms with E-state index < -0.39 is 0 Å². The average Bonchev–Trinajstić information content (AvgIpc) is 2.74. The van der Waals surface area contributed by atoms with Gasteiger partial charge in [0.2, 0.25) is 0 Å². The van der Waals surface area contributed by atoms with E-state index in [1.54, 1.807) is 0 Å². The second kappa shape index (κ2) is 3.38. The van der Waals surface area contributed by atoms with Gasteiger partial charge in [0, 0.05) is 11.1 Å². The van der Waals surface area contributed by atoms with Crippen LogP contribution in [0.15, 0.2) is 54.7 Å². The maximum atomic E-state index is 5.66. The zero-order valence-corrected chi connectivity index (χ0v) is 8.67. The summed E-state index contributed by atoms with van der Waals surface area (Å²) in [5.41, 5.74) is 8.55. The highest BCUT2D eigenvalue weighted by atomic mass is 15.3. The third kappa shape index (κ3) is 1.34. The first-order valence-electron chi connectivity index (χ1n) is 5.13. The number of nitrogens with zero attached hydrogens (tertiary/aromatic N) is 2. The zero-order valence-electron chi connectivity index (χ0n) is 8.67. The van der Waals surface area contributed by atoms with Gasteiger partial charge in [-0.3, -0.25) is 0 Å². The number of nitrogens with two attached hydrogens (primary N) is 1. The van der Waals surface area contributed by atoms with Crippen molar-refractivity contribution in [3.63, 3.8) is 0 Å². The van der Waals surface area contributed by atoms with Crippen LogP contribution < -0.4 is 5.73 Å². The number of benzene rings is 2. The minimum absolute atomic E-state index is 0.764. The predicted molar refractivity (Wildman–Crippen MR) is 65.5 cm³/mol. The second-order valence-electron chi connectivity index (χ2n) is 3.71. The molecule has 0 spiro atoms.